The van der Waals surface area contributed by atoms with Gasteiger partial charge in [0.05, 0.1) is 5.69 Å². The summed E-state index contributed by atoms with van der Waals surface area (Å²) in [4.78, 5) is 13.1. The van der Waals surface area contributed by atoms with Gasteiger partial charge in [0.2, 0.25) is 5.95 Å². The van der Waals surface area contributed by atoms with Gasteiger partial charge in [0, 0.05) is 38.1 Å². The van der Waals surface area contributed by atoms with E-state index in [1.54, 1.807) is 6.20 Å². The number of aryl methyl sites for hydroxylation is 1. The Hall–Kier alpha value is -1.91. The predicted octanol–water partition coefficient (Wildman–Crippen LogP) is 2.50. The molecule has 0 aliphatic rings. The highest BCUT2D eigenvalue weighted by molar-refractivity contribution is 5.26. The van der Waals surface area contributed by atoms with Gasteiger partial charge in [0.25, 0.3) is 0 Å². The molecular weight excluding hydrogens is 238 g/mol. The molecule has 0 amide bonds. The van der Waals surface area contributed by atoms with Crippen LogP contribution in [0.4, 0.5) is 5.95 Å². The molecular formula is C14H21N5. The van der Waals surface area contributed by atoms with Crippen LogP contribution in [0, 0.1) is 0 Å². The Labute approximate surface area is 114 Å². The van der Waals surface area contributed by atoms with Crippen LogP contribution in [0.3, 0.4) is 0 Å². The first kappa shape index (κ1) is 13.5. The highest BCUT2D eigenvalue weighted by atomic mass is 15.1. The van der Waals surface area contributed by atoms with Gasteiger partial charge in [0.1, 0.15) is 5.82 Å². The minimum Gasteiger partial charge on any atom is -0.354 e. The maximum atomic E-state index is 4.51. The van der Waals surface area contributed by atoms with E-state index >= 15 is 0 Å². The Morgan fingerprint density at radius 2 is 2.05 bits per heavy atom. The molecule has 0 saturated heterocycles. The third-order valence-electron chi connectivity index (χ3n) is 2.85. The Balaban J connectivity index is 2.07. The Morgan fingerprint density at radius 1 is 1.16 bits per heavy atom. The van der Waals surface area contributed by atoms with Crippen molar-refractivity contribution in [2.75, 3.05) is 11.9 Å². The van der Waals surface area contributed by atoms with Crippen molar-refractivity contribution in [1.29, 1.82) is 0 Å². The molecule has 0 fully saturated rings. The standard InChI is InChI=1S/C14H21N5/c1-3-6-16-14-17-7-5-12(18-14)11-13-15-8-10-19(13)9-4-2/h5,7-8,10H,3-4,6,9,11H2,1-2H3,(H,16,17,18). The van der Waals surface area contributed by atoms with E-state index in [-0.39, 0.29) is 0 Å². The van der Waals surface area contributed by atoms with E-state index in [0.29, 0.717) is 5.95 Å². The zero-order valence-electron chi connectivity index (χ0n) is 11.6. The molecule has 0 aliphatic carbocycles. The fourth-order valence-electron chi connectivity index (χ4n) is 1.93. The molecule has 0 aromatic carbocycles. The van der Waals surface area contributed by atoms with Gasteiger partial charge in [-0.15, -0.1) is 0 Å². The maximum absolute atomic E-state index is 4.51. The molecule has 19 heavy (non-hydrogen) atoms. The minimum absolute atomic E-state index is 0.702. The quantitative estimate of drug-likeness (QED) is 0.830. The van der Waals surface area contributed by atoms with E-state index in [4.69, 9.17) is 0 Å². The molecule has 5 heteroatoms. The summed E-state index contributed by atoms with van der Waals surface area (Å²) in [5.74, 6) is 1.76. The van der Waals surface area contributed by atoms with Crippen LogP contribution in [0.5, 0.6) is 0 Å². The van der Waals surface area contributed by atoms with E-state index in [1.165, 1.54) is 0 Å². The monoisotopic (exact) mass is 259 g/mol. The van der Waals surface area contributed by atoms with Gasteiger partial charge < -0.3 is 9.88 Å². The van der Waals surface area contributed by atoms with E-state index in [1.807, 2.05) is 18.5 Å². The maximum Gasteiger partial charge on any atom is 0.222 e. The summed E-state index contributed by atoms with van der Waals surface area (Å²) in [6, 6.07) is 1.95. The molecule has 0 atom stereocenters. The lowest BCUT2D eigenvalue weighted by molar-refractivity contribution is 0.644. The molecule has 2 aromatic rings. The molecule has 2 rings (SSSR count). The Kier molecular flexibility index (Phi) is 4.89. The molecule has 5 nitrogen and oxygen atoms in total. The number of anilines is 1. The molecule has 0 saturated carbocycles. The van der Waals surface area contributed by atoms with Crippen molar-refractivity contribution in [3.8, 4) is 0 Å². The number of nitrogens with zero attached hydrogens (tertiary/aromatic N) is 4. The van der Waals surface area contributed by atoms with Crippen LogP contribution in [0.1, 0.15) is 38.2 Å². The van der Waals surface area contributed by atoms with E-state index in [0.717, 1.165) is 43.9 Å². The zero-order chi connectivity index (χ0) is 13.5. The SMILES string of the molecule is CCCNc1nccc(Cc2nccn2CCC)n1. The number of nitrogens with one attached hydrogen (secondary N) is 1. The summed E-state index contributed by atoms with van der Waals surface area (Å²) in [5.41, 5.74) is 0.997. The van der Waals surface area contributed by atoms with Gasteiger partial charge in [-0.3, -0.25) is 0 Å². The van der Waals surface area contributed by atoms with E-state index in [9.17, 15) is 0 Å². The summed E-state index contributed by atoms with van der Waals surface area (Å²) in [6.07, 6.45) is 8.59. The summed E-state index contributed by atoms with van der Waals surface area (Å²) in [5, 5.41) is 3.20. The summed E-state index contributed by atoms with van der Waals surface area (Å²) < 4.78 is 2.18. The summed E-state index contributed by atoms with van der Waals surface area (Å²) in [6.45, 7) is 6.19. The second-order valence-electron chi connectivity index (χ2n) is 4.51. The molecule has 0 spiro atoms. The average Bonchev–Trinajstić information content (AvgIpc) is 2.85. The van der Waals surface area contributed by atoms with Gasteiger partial charge in [-0.25, -0.2) is 15.0 Å². The lowest BCUT2D eigenvalue weighted by Gasteiger charge is -2.07. The van der Waals surface area contributed by atoms with Gasteiger partial charge in [-0.05, 0) is 18.9 Å². The average molecular weight is 259 g/mol. The van der Waals surface area contributed by atoms with Gasteiger partial charge in [-0.1, -0.05) is 13.8 Å². The Morgan fingerprint density at radius 3 is 2.84 bits per heavy atom. The van der Waals surface area contributed by atoms with Crippen molar-refractivity contribution in [3.05, 3.63) is 36.2 Å². The number of imidazole rings is 1. The fourth-order valence-corrected chi connectivity index (χ4v) is 1.93. The molecule has 2 heterocycles. The van der Waals surface area contributed by atoms with Gasteiger partial charge in [-0.2, -0.15) is 0 Å². The van der Waals surface area contributed by atoms with Crippen molar-refractivity contribution >= 4 is 5.95 Å². The van der Waals surface area contributed by atoms with Crippen LogP contribution in [0.25, 0.3) is 0 Å². The van der Waals surface area contributed by atoms with Crippen LogP contribution < -0.4 is 5.32 Å². The van der Waals surface area contributed by atoms with Crippen LogP contribution in [-0.2, 0) is 13.0 Å². The second kappa shape index (κ2) is 6.87. The largest absolute Gasteiger partial charge is 0.354 e. The van der Waals surface area contributed by atoms with E-state index in [2.05, 4.69) is 38.7 Å². The predicted molar refractivity (Wildman–Crippen MR) is 76.1 cm³/mol. The third-order valence-corrected chi connectivity index (χ3v) is 2.85. The molecule has 102 valence electrons. The van der Waals surface area contributed by atoms with Crippen LogP contribution in [0.2, 0.25) is 0 Å². The Bertz CT molecular complexity index is 506. The lowest BCUT2D eigenvalue weighted by atomic mass is 10.3. The van der Waals surface area contributed by atoms with Crippen molar-refractivity contribution in [3.63, 3.8) is 0 Å². The first-order valence-corrected chi connectivity index (χ1v) is 6.89. The highest BCUT2D eigenvalue weighted by Crippen LogP contribution is 2.08. The van der Waals surface area contributed by atoms with Gasteiger partial charge >= 0.3 is 0 Å². The first-order chi connectivity index (χ1) is 9.33. The number of rotatable bonds is 7. The topological polar surface area (TPSA) is 55.6 Å². The number of hydrogen-bond donors (Lipinski definition) is 1. The second-order valence-corrected chi connectivity index (χ2v) is 4.51. The number of hydrogen-bond acceptors (Lipinski definition) is 4. The lowest BCUT2D eigenvalue weighted by Crippen LogP contribution is -2.08. The third kappa shape index (κ3) is 3.77. The van der Waals surface area contributed by atoms with Crippen molar-refractivity contribution < 1.29 is 0 Å². The van der Waals surface area contributed by atoms with Crippen LogP contribution in [-0.4, -0.2) is 26.1 Å². The van der Waals surface area contributed by atoms with Crippen molar-refractivity contribution in [2.45, 2.75) is 39.7 Å². The molecule has 2 aromatic heterocycles. The molecule has 0 aliphatic heterocycles. The highest BCUT2D eigenvalue weighted by Gasteiger charge is 2.05. The number of aromatic nitrogens is 4. The first-order valence-electron chi connectivity index (χ1n) is 6.89. The van der Waals surface area contributed by atoms with Crippen molar-refractivity contribution in [1.82, 2.24) is 19.5 Å². The smallest absolute Gasteiger partial charge is 0.222 e. The normalized spacial score (nSPS) is 10.6. The molecule has 1 N–H and O–H groups in total. The molecule has 0 unspecified atom stereocenters. The van der Waals surface area contributed by atoms with Crippen LogP contribution in [0.15, 0.2) is 24.7 Å². The van der Waals surface area contributed by atoms with Crippen LogP contribution >= 0.6 is 0 Å². The van der Waals surface area contributed by atoms with Crippen molar-refractivity contribution in [2.24, 2.45) is 0 Å². The molecule has 0 bridgehead atoms. The summed E-state index contributed by atoms with van der Waals surface area (Å²) >= 11 is 0. The van der Waals surface area contributed by atoms with E-state index < -0.39 is 0 Å². The fraction of sp³-hybridized carbons (Fsp3) is 0.500. The molecule has 0 radical (unpaired) electrons. The minimum atomic E-state index is 0.702. The summed E-state index contributed by atoms with van der Waals surface area (Å²) in [7, 11) is 0. The zero-order valence-corrected chi connectivity index (χ0v) is 11.6. The van der Waals surface area contributed by atoms with Gasteiger partial charge in [0.15, 0.2) is 0 Å².